The minimum Gasteiger partial charge on any atom is -0.366 e. The van der Waals surface area contributed by atoms with Crippen LogP contribution in [0.1, 0.15) is 52.0 Å². The van der Waals surface area contributed by atoms with Crippen molar-refractivity contribution in [1.82, 2.24) is 4.90 Å². The first-order chi connectivity index (χ1) is 13.5. The molecule has 0 atom stereocenters. The average Bonchev–Trinajstić information content (AvgIpc) is 2.72. The number of primary amides is 1. The van der Waals surface area contributed by atoms with Crippen molar-refractivity contribution in [3.63, 3.8) is 0 Å². The van der Waals surface area contributed by atoms with Crippen molar-refractivity contribution in [1.29, 1.82) is 0 Å². The van der Waals surface area contributed by atoms with Gasteiger partial charge in [-0.1, -0.05) is 18.2 Å². The van der Waals surface area contributed by atoms with Gasteiger partial charge in [-0.2, -0.15) is 0 Å². The van der Waals surface area contributed by atoms with Gasteiger partial charge in [0, 0.05) is 17.0 Å². The van der Waals surface area contributed by atoms with Crippen LogP contribution in [0.4, 0.5) is 4.39 Å². The molecule has 1 amide bonds. The van der Waals surface area contributed by atoms with Gasteiger partial charge < -0.3 is 10.6 Å². The lowest BCUT2D eigenvalue weighted by Gasteiger charge is -2.31. The molecule has 0 bridgehead atoms. The molecule has 1 heterocycles. The molecule has 28 heavy (non-hydrogen) atoms. The van der Waals surface area contributed by atoms with E-state index in [4.69, 9.17) is 5.73 Å². The minimum absolute atomic E-state index is 0.0316. The van der Waals surface area contributed by atoms with Gasteiger partial charge in [-0.25, -0.2) is 4.39 Å². The standard InChI is InChI=1S/C23H27FN2O2/c24-20-10-8-18(9-11-20)22(27)19-12-15-26(16-13-19)14-4-3-6-17-5-1-2-7-21(17)23(25)28/h1-2,5,7-11,19H,3-4,6,12-16H2,(H2,25,28). The molecule has 5 heteroatoms. The number of Topliss-reactive ketones (excluding diaryl/α,β-unsaturated/α-hetero) is 1. The molecule has 1 aliphatic heterocycles. The second-order valence-corrected chi connectivity index (χ2v) is 7.47. The number of carbonyl (C=O) groups excluding carboxylic acids is 2. The third-order valence-electron chi connectivity index (χ3n) is 5.54. The topological polar surface area (TPSA) is 63.4 Å². The third kappa shape index (κ3) is 5.26. The fourth-order valence-corrected chi connectivity index (χ4v) is 3.90. The highest BCUT2D eigenvalue weighted by Crippen LogP contribution is 2.22. The summed E-state index contributed by atoms with van der Waals surface area (Å²) in [6, 6.07) is 13.4. The summed E-state index contributed by atoms with van der Waals surface area (Å²) in [5, 5.41) is 0. The maximum Gasteiger partial charge on any atom is 0.248 e. The van der Waals surface area contributed by atoms with Gasteiger partial charge in [-0.05, 0) is 87.6 Å². The number of rotatable bonds is 8. The fourth-order valence-electron chi connectivity index (χ4n) is 3.90. The molecular formula is C23H27FN2O2. The second-order valence-electron chi connectivity index (χ2n) is 7.47. The Hall–Kier alpha value is -2.53. The number of aryl methyl sites for hydroxylation is 1. The number of halogens is 1. The fraction of sp³-hybridized carbons (Fsp3) is 0.391. The Labute approximate surface area is 165 Å². The van der Waals surface area contributed by atoms with Crippen LogP contribution >= 0.6 is 0 Å². The lowest BCUT2D eigenvalue weighted by Crippen LogP contribution is -2.37. The smallest absolute Gasteiger partial charge is 0.248 e. The van der Waals surface area contributed by atoms with Crippen molar-refractivity contribution in [2.45, 2.75) is 32.1 Å². The highest BCUT2D eigenvalue weighted by molar-refractivity contribution is 5.97. The van der Waals surface area contributed by atoms with Crippen LogP contribution in [0.15, 0.2) is 48.5 Å². The number of likely N-dealkylation sites (tertiary alicyclic amines) is 1. The van der Waals surface area contributed by atoms with E-state index in [2.05, 4.69) is 4.90 Å². The summed E-state index contributed by atoms with van der Waals surface area (Å²) in [7, 11) is 0. The predicted octanol–water partition coefficient (Wildman–Crippen LogP) is 3.84. The normalized spacial score (nSPS) is 15.5. The number of carbonyl (C=O) groups is 2. The van der Waals surface area contributed by atoms with Gasteiger partial charge in [0.1, 0.15) is 5.82 Å². The van der Waals surface area contributed by atoms with Crippen LogP contribution in [0.5, 0.6) is 0 Å². The van der Waals surface area contributed by atoms with E-state index in [0.717, 1.165) is 57.3 Å². The van der Waals surface area contributed by atoms with E-state index in [0.29, 0.717) is 11.1 Å². The van der Waals surface area contributed by atoms with Crippen LogP contribution in [-0.2, 0) is 6.42 Å². The summed E-state index contributed by atoms with van der Waals surface area (Å²) < 4.78 is 13.0. The predicted molar refractivity (Wildman–Crippen MR) is 108 cm³/mol. The van der Waals surface area contributed by atoms with Gasteiger partial charge >= 0.3 is 0 Å². The van der Waals surface area contributed by atoms with Crippen LogP contribution in [0.3, 0.4) is 0 Å². The van der Waals surface area contributed by atoms with Crippen LogP contribution in [0.2, 0.25) is 0 Å². The van der Waals surface area contributed by atoms with Crippen molar-refractivity contribution < 1.29 is 14.0 Å². The number of hydrogen-bond donors (Lipinski definition) is 1. The van der Waals surface area contributed by atoms with E-state index in [-0.39, 0.29) is 23.4 Å². The van der Waals surface area contributed by atoms with Crippen molar-refractivity contribution >= 4 is 11.7 Å². The quantitative estimate of drug-likeness (QED) is 0.557. The Balaban J connectivity index is 1.40. The maximum absolute atomic E-state index is 13.0. The Morgan fingerprint density at radius 3 is 2.36 bits per heavy atom. The average molecular weight is 382 g/mol. The van der Waals surface area contributed by atoms with Gasteiger partial charge in [-0.3, -0.25) is 9.59 Å². The summed E-state index contributed by atoms with van der Waals surface area (Å²) in [5.74, 6) is -0.528. The highest BCUT2D eigenvalue weighted by Gasteiger charge is 2.25. The summed E-state index contributed by atoms with van der Waals surface area (Å²) in [4.78, 5) is 26.4. The van der Waals surface area contributed by atoms with E-state index in [1.807, 2.05) is 18.2 Å². The molecule has 2 aromatic carbocycles. The van der Waals surface area contributed by atoms with E-state index in [1.165, 1.54) is 12.1 Å². The molecule has 0 unspecified atom stereocenters. The zero-order valence-corrected chi connectivity index (χ0v) is 16.1. The van der Waals surface area contributed by atoms with E-state index < -0.39 is 0 Å². The lowest BCUT2D eigenvalue weighted by atomic mass is 9.89. The number of nitrogens with zero attached hydrogens (tertiary/aromatic N) is 1. The molecule has 1 fully saturated rings. The maximum atomic E-state index is 13.0. The number of benzene rings is 2. The molecule has 3 rings (SSSR count). The molecule has 2 N–H and O–H groups in total. The molecule has 148 valence electrons. The van der Waals surface area contributed by atoms with E-state index in [9.17, 15) is 14.0 Å². The zero-order chi connectivity index (χ0) is 19.9. The third-order valence-corrected chi connectivity index (χ3v) is 5.54. The number of unbranched alkanes of at least 4 members (excludes halogenated alkanes) is 1. The van der Waals surface area contributed by atoms with Crippen molar-refractivity contribution in [3.8, 4) is 0 Å². The van der Waals surface area contributed by atoms with Crippen molar-refractivity contribution in [2.75, 3.05) is 19.6 Å². The Morgan fingerprint density at radius 1 is 1.00 bits per heavy atom. The molecule has 0 aliphatic carbocycles. The van der Waals surface area contributed by atoms with E-state index in [1.54, 1.807) is 18.2 Å². The first kappa shape index (κ1) is 20.2. The molecule has 0 radical (unpaired) electrons. The largest absolute Gasteiger partial charge is 0.366 e. The first-order valence-corrected chi connectivity index (χ1v) is 9.94. The number of hydrogen-bond acceptors (Lipinski definition) is 3. The summed E-state index contributed by atoms with van der Waals surface area (Å²) >= 11 is 0. The van der Waals surface area contributed by atoms with Crippen molar-refractivity contribution in [2.24, 2.45) is 11.7 Å². The Kier molecular flexibility index (Phi) is 6.93. The van der Waals surface area contributed by atoms with Crippen LogP contribution < -0.4 is 5.73 Å². The Morgan fingerprint density at radius 2 is 1.68 bits per heavy atom. The van der Waals surface area contributed by atoms with Gasteiger partial charge in [0.2, 0.25) is 5.91 Å². The van der Waals surface area contributed by atoms with Crippen LogP contribution in [-0.4, -0.2) is 36.2 Å². The summed E-state index contributed by atoms with van der Waals surface area (Å²) in [6.45, 7) is 2.82. The van der Waals surface area contributed by atoms with Crippen LogP contribution in [0, 0.1) is 11.7 Å². The zero-order valence-electron chi connectivity index (χ0n) is 16.1. The number of amides is 1. The molecule has 1 aliphatic rings. The molecule has 4 nitrogen and oxygen atoms in total. The molecule has 2 aromatic rings. The Bertz CT molecular complexity index is 812. The first-order valence-electron chi connectivity index (χ1n) is 9.94. The van der Waals surface area contributed by atoms with Crippen LogP contribution in [0.25, 0.3) is 0 Å². The molecule has 1 saturated heterocycles. The molecule has 0 aromatic heterocycles. The number of ketones is 1. The van der Waals surface area contributed by atoms with Gasteiger partial charge in [0.15, 0.2) is 5.78 Å². The van der Waals surface area contributed by atoms with Gasteiger partial charge in [0.25, 0.3) is 0 Å². The van der Waals surface area contributed by atoms with E-state index >= 15 is 0 Å². The molecular weight excluding hydrogens is 355 g/mol. The van der Waals surface area contributed by atoms with Gasteiger partial charge in [0.05, 0.1) is 0 Å². The monoisotopic (exact) mass is 382 g/mol. The second kappa shape index (κ2) is 9.60. The minimum atomic E-state index is -0.372. The number of nitrogens with two attached hydrogens (primary N) is 1. The molecule has 0 spiro atoms. The number of piperidine rings is 1. The lowest BCUT2D eigenvalue weighted by molar-refractivity contribution is 0.0838. The summed E-state index contributed by atoms with van der Waals surface area (Å²) in [6.07, 6.45) is 4.59. The van der Waals surface area contributed by atoms with Crippen molar-refractivity contribution in [3.05, 3.63) is 71.0 Å². The summed E-state index contributed by atoms with van der Waals surface area (Å²) in [5.41, 5.74) is 7.66. The van der Waals surface area contributed by atoms with Gasteiger partial charge in [-0.15, -0.1) is 0 Å². The highest BCUT2D eigenvalue weighted by atomic mass is 19.1. The SMILES string of the molecule is NC(=O)c1ccccc1CCCCN1CCC(C(=O)c2ccc(F)cc2)CC1. The molecule has 0 saturated carbocycles.